The SMILES string of the molecule is CCO[Si](C)(C)CCCCCCCCOc1ccc(O)cc1[P+](C(C)(C)C)(C(C)(C)C)C(C)(C)C. The van der Waals surface area contributed by atoms with E-state index in [4.69, 9.17) is 9.16 Å². The van der Waals surface area contributed by atoms with Gasteiger partial charge in [0.2, 0.25) is 0 Å². The largest absolute Gasteiger partial charge is 0.508 e. The summed E-state index contributed by atoms with van der Waals surface area (Å²) in [6, 6.07) is 7.08. The summed E-state index contributed by atoms with van der Waals surface area (Å²) in [5, 5.41) is 12.0. The summed E-state index contributed by atoms with van der Waals surface area (Å²) >= 11 is 0. The van der Waals surface area contributed by atoms with Crippen molar-refractivity contribution < 1.29 is 14.3 Å². The first-order valence-electron chi connectivity index (χ1n) is 13.9. The van der Waals surface area contributed by atoms with Gasteiger partial charge in [-0.15, -0.1) is 0 Å². The summed E-state index contributed by atoms with van der Waals surface area (Å²) in [6.45, 7) is 29.8. The van der Waals surface area contributed by atoms with E-state index in [9.17, 15) is 5.11 Å². The molecule has 1 N–H and O–H groups in total. The van der Waals surface area contributed by atoms with Gasteiger partial charge in [-0.05, 0) is 107 Å². The number of rotatable bonds is 13. The fraction of sp³-hybridized carbons (Fsp3) is 0.800. The Hall–Kier alpha value is -0.573. The highest BCUT2D eigenvalue weighted by molar-refractivity contribution is 7.87. The zero-order chi connectivity index (χ0) is 27.1. The third kappa shape index (κ3) is 8.47. The van der Waals surface area contributed by atoms with Crippen molar-refractivity contribution in [2.24, 2.45) is 0 Å². The van der Waals surface area contributed by atoms with Crippen LogP contribution in [0.15, 0.2) is 18.2 Å². The lowest BCUT2D eigenvalue weighted by Crippen LogP contribution is -2.49. The van der Waals surface area contributed by atoms with Crippen molar-refractivity contribution in [2.75, 3.05) is 13.2 Å². The molecule has 0 heterocycles. The second kappa shape index (κ2) is 12.8. The standard InChI is InChI=1S/C30H57O3PSi/c1-13-33-35(11,12)23-19-17-15-14-16-18-22-32-26-21-20-25(31)24-27(26)34(28(2,3)4,29(5,6)7)30(8,9)10/h20-21,24H,13-19,22-23H2,1-12H3/p+1. The molecule has 1 aromatic rings. The van der Waals surface area contributed by atoms with Crippen molar-refractivity contribution in [3.8, 4) is 11.5 Å². The van der Waals surface area contributed by atoms with Gasteiger partial charge >= 0.3 is 0 Å². The predicted octanol–water partition coefficient (Wildman–Crippen LogP) is 9.39. The third-order valence-electron chi connectivity index (χ3n) is 7.29. The lowest BCUT2D eigenvalue weighted by Gasteiger charge is -2.54. The summed E-state index contributed by atoms with van der Waals surface area (Å²) in [5.74, 6) is 1.31. The molecule has 0 amide bonds. The van der Waals surface area contributed by atoms with Crippen LogP contribution in [0.25, 0.3) is 0 Å². The molecule has 0 saturated carbocycles. The van der Waals surface area contributed by atoms with E-state index in [0.717, 1.165) is 25.4 Å². The van der Waals surface area contributed by atoms with Crippen molar-refractivity contribution in [1.82, 2.24) is 0 Å². The maximum absolute atomic E-state index is 10.5. The van der Waals surface area contributed by atoms with E-state index in [0.29, 0.717) is 5.75 Å². The van der Waals surface area contributed by atoms with Gasteiger partial charge in [0.1, 0.15) is 11.1 Å². The average Bonchev–Trinajstić information content (AvgIpc) is 2.65. The van der Waals surface area contributed by atoms with Crippen LogP contribution in [0.1, 0.15) is 108 Å². The Kier molecular flexibility index (Phi) is 11.9. The molecule has 0 aliphatic carbocycles. The first kappa shape index (κ1) is 32.5. The molecular weight excluding hydrogens is 467 g/mol. The Morgan fingerprint density at radius 2 is 1.26 bits per heavy atom. The monoisotopic (exact) mass is 525 g/mol. The highest BCUT2D eigenvalue weighted by Gasteiger charge is 2.67. The minimum atomic E-state index is -1.85. The minimum Gasteiger partial charge on any atom is -0.508 e. The zero-order valence-electron chi connectivity index (χ0n) is 25.3. The molecule has 1 aromatic carbocycles. The van der Waals surface area contributed by atoms with Crippen molar-refractivity contribution in [2.45, 2.75) is 142 Å². The van der Waals surface area contributed by atoms with E-state index in [1.807, 2.05) is 12.1 Å². The maximum atomic E-state index is 10.5. The van der Waals surface area contributed by atoms with Crippen LogP contribution in [0.2, 0.25) is 19.1 Å². The van der Waals surface area contributed by atoms with E-state index in [-0.39, 0.29) is 15.5 Å². The Bertz CT molecular complexity index is 733. The molecule has 3 nitrogen and oxygen atoms in total. The van der Waals surface area contributed by atoms with Gasteiger partial charge in [0.05, 0.1) is 29.3 Å². The van der Waals surface area contributed by atoms with Crippen LogP contribution < -0.4 is 10.0 Å². The molecule has 0 bridgehead atoms. The topological polar surface area (TPSA) is 38.7 Å². The summed E-state index contributed by atoms with van der Waals surface area (Å²) in [7, 11) is -3.27. The Labute approximate surface area is 220 Å². The first-order valence-corrected chi connectivity index (χ1v) is 18.8. The molecule has 0 fully saturated rings. The Balaban J connectivity index is 2.86. The molecule has 0 aliphatic heterocycles. The van der Waals surface area contributed by atoms with Crippen molar-refractivity contribution in [3.05, 3.63) is 18.2 Å². The molecule has 0 spiro atoms. The fourth-order valence-electron chi connectivity index (χ4n) is 7.00. The molecule has 35 heavy (non-hydrogen) atoms. The van der Waals surface area contributed by atoms with Gasteiger partial charge in [-0.2, -0.15) is 0 Å². The van der Waals surface area contributed by atoms with Gasteiger partial charge in [-0.25, -0.2) is 0 Å². The van der Waals surface area contributed by atoms with Crippen molar-refractivity contribution in [3.63, 3.8) is 0 Å². The van der Waals surface area contributed by atoms with E-state index in [1.54, 1.807) is 6.07 Å². The van der Waals surface area contributed by atoms with Crippen LogP contribution in [0.5, 0.6) is 11.5 Å². The van der Waals surface area contributed by atoms with Gasteiger partial charge in [0.15, 0.2) is 14.1 Å². The molecular formula is C30H58O3PSi+. The molecule has 0 radical (unpaired) electrons. The maximum Gasteiger partial charge on any atom is 0.186 e. The summed E-state index contributed by atoms with van der Waals surface area (Å²) in [5.41, 5.74) is 0. The molecule has 0 aliphatic rings. The lowest BCUT2D eigenvalue weighted by atomic mass is 10.1. The van der Waals surface area contributed by atoms with Crippen LogP contribution in [-0.4, -0.2) is 42.1 Å². The smallest absolute Gasteiger partial charge is 0.186 e. The predicted molar refractivity (Wildman–Crippen MR) is 161 cm³/mol. The third-order valence-corrected chi connectivity index (χ3v) is 17.0. The van der Waals surface area contributed by atoms with Gasteiger partial charge in [-0.3, -0.25) is 0 Å². The van der Waals surface area contributed by atoms with Crippen LogP contribution in [-0.2, 0) is 4.43 Å². The number of phenols is 1. The van der Waals surface area contributed by atoms with Gasteiger partial charge in [0, 0.05) is 12.7 Å². The molecule has 0 atom stereocenters. The average molecular weight is 526 g/mol. The second-order valence-corrected chi connectivity index (χ2v) is 23.9. The molecule has 204 valence electrons. The van der Waals surface area contributed by atoms with Gasteiger partial charge in [-0.1, -0.05) is 32.1 Å². The summed E-state index contributed by atoms with van der Waals surface area (Å²) in [6.07, 6.45) is 7.45. The van der Waals surface area contributed by atoms with Crippen molar-refractivity contribution >= 4 is 20.9 Å². The van der Waals surface area contributed by atoms with Crippen LogP contribution in [0.3, 0.4) is 0 Å². The summed E-state index contributed by atoms with van der Waals surface area (Å²) in [4.78, 5) is 0. The lowest BCUT2D eigenvalue weighted by molar-refractivity contribution is 0.306. The number of phenolic OH excluding ortho intramolecular Hbond substituents is 1. The second-order valence-electron chi connectivity index (χ2n) is 13.7. The Morgan fingerprint density at radius 1 is 0.771 bits per heavy atom. The number of benzene rings is 1. The normalized spacial score (nSPS) is 13.8. The quantitative estimate of drug-likeness (QED) is 0.158. The zero-order valence-corrected chi connectivity index (χ0v) is 27.2. The first-order chi connectivity index (χ1) is 15.9. The van der Waals surface area contributed by atoms with Crippen LogP contribution >= 0.6 is 7.26 Å². The minimum absolute atomic E-state index is 0.0645. The van der Waals surface area contributed by atoms with E-state index >= 15 is 0 Å². The number of unbranched alkanes of at least 4 members (excludes halogenated alkanes) is 5. The van der Waals surface area contributed by atoms with E-state index < -0.39 is 15.6 Å². The highest BCUT2D eigenvalue weighted by atomic mass is 31.2. The molecule has 0 unspecified atom stereocenters. The number of aromatic hydroxyl groups is 1. The number of hydrogen-bond donors (Lipinski definition) is 1. The van der Waals surface area contributed by atoms with E-state index in [2.05, 4.69) is 82.3 Å². The number of ether oxygens (including phenoxy) is 1. The molecule has 0 aromatic heterocycles. The summed E-state index contributed by atoms with van der Waals surface area (Å²) < 4.78 is 12.4. The fourth-order valence-corrected chi connectivity index (χ4v) is 18.0. The molecule has 0 saturated heterocycles. The molecule has 1 rings (SSSR count). The molecule has 5 heteroatoms. The van der Waals surface area contributed by atoms with E-state index in [1.165, 1.54) is 43.5 Å². The van der Waals surface area contributed by atoms with Gasteiger partial charge in [0.25, 0.3) is 0 Å². The Morgan fingerprint density at radius 3 is 1.74 bits per heavy atom. The highest BCUT2D eigenvalue weighted by Crippen LogP contribution is 2.83. The van der Waals surface area contributed by atoms with Crippen molar-refractivity contribution in [1.29, 1.82) is 0 Å². The number of hydrogen-bond acceptors (Lipinski definition) is 3. The van der Waals surface area contributed by atoms with Gasteiger partial charge < -0.3 is 14.3 Å². The van der Waals surface area contributed by atoms with Crippen LogP contribution in [0, 0.1) is 0 Å². The van der Waals surface area contributed by atoms with Crippen LogP contribution in [0.4, 0.5) is 0 Å².